The summed E-state index contributed by atoms with van der Waals surface area (Å²) in [5.41, 5.74) is 1.43. The van der Waals surface area contributed by atoms with E-state index in [-0.39, 0.29) is 24.1 Å². The molecule has 1 aliphatic rings. The molecule has 3 aromatic rings. The van der Waals surface area contributed by atoms with Crippen LogP contribution in [0.15, 0.2) is 22.3 Å². The number of rotatable bonds is 3. The van der Waals surface area contributed by atoms with Crippen LogP contribution in [0.25, 0.3) is 15.7 Å². The van der Waals surface area contributed by atoms with Gasteiger partial charge < -0.3 is 4.90 Å². The van der Waals surface area contributed by atoms with Crippen LogP contribution in [0, 0.1) is 0 Å². The number of carbonyl (C=O) groups is 1. The van der Waals surface area contributed by atoms with Crippen molar-refractivity contribution < 1.29 is 4.79 Å². The quantitative estimate of drug-likeness (QED) is 0.723. The summed E-state index contributed by atoms with van der Waals surface area (Å²) in [6.45, 7) is 4.89. The monoisotopic (exact) mass is 358 g/mol. The van der Waals surface area contributed by atoms with E-state index in [1.165, 1.54) is 4.68 Å². The Morgan fingerprint density at radius 3 is 2.96 bits per heavy atom. The van der Waals surface area contributed by atoms with Crippen molar-refractivity contribution in [3.8, 4) is 0 Å². The maximum absolute atomic E-state index is 12.9. The van der Waals surface area contributed by atoms with Gasteiger partial charge in [-0.05, 0) is 43.7 Å². The zero-order valence-electron chi connectivity index (χ0n) is 14.6. The number of fused-ring (bicyclic) bond motifs is 3. The highest BCUT2D eigenvalue weighted by molar-refractivity contribution is 7.17. The lowest BCUT2D eigenvalue weighted by atomic mass is 10.0. The molecule has 0 aliphatic carbocycles. The number of amides is 1. The summed E-state index contributed by atoms with van der Waals surface area (Å²) in [6, 6.07) is 4.16. The van der Waals surface area contributed by atoms with Crippen molar-refractivity contribution in [2.75, 3.05) is 6.54 Å². The van der Waals surface area contributed by atoms with Gasteiger partial charge in [0, 0.05) is 19.0 Å². The molecule has 132 valence electrons. The molecule has 3 aromatic heterocycles. The van der Waals surface area contributed by atoms with Crippen LogP contribution in [0.1, 0.15) is 38.9 Å². The molecule has 6 nitrogen and oxygen atoms in total. The van der Waals surface area contributed by atoms with Crippen molar-refractivity contribution >= 4 is 33.0 Å². The minimum absolute atomic E-state index is 0.0124. The van der Waals surface area contributed by atoms with Crippen molar-refractivity contribution in [2.24, 2.45) is 0 Å². The number of carbonyl (C=O) groups excluding carboxylic acids is 1. The molecule has 25 heavy (non-hydrogen) atoms. The van der Waals surface area contributed by atoms with E-state index >= 15 is 0 Å². The predicted octanol–water partition coefficient (Wildman–Crippen LogP) is 2.67. The van der Waals surface area contributed by atoms with Gasteiger partial charge in [-0.1, -0.05) is 6.92 Å². The van der Waals surface area contributed by atoms with Crippen LogP contribution < -0.4 is 5.56 Å². The van der Waals surface area contributed by atoms with Crippen molar-refractivity contribution in [3.05, 3.63) is 33.7 Å². The van der Waals surface area contributed by atoms with Crippen LogP contribution in [0.4, 0.5) is 0 Å². The zero-order chi connectivity index (χ0) is 17.6. The molecule has 1 amide bonds. The van der Waals surface area contributed by atoms with E-state index in [1.807, 2.05) is 33.7 Å². The standard InChI is InChI=1S/C18H22N4O2S/c1-3-16-19-21(11-17(23)20-8-5-4-6-12(20)2)18(24)14-10-15-13(22(14)16)7-9-25-15/h7,9-10,12H,3-6,8,11H2,1-2H3/t12-/m0/s1. The number of hydrogen-bond acceptors (Lipinski definition) is 4. The second kappa shape index (κ2) is 6.29. The number of thiophene rings is 1. The van der Waals surface area contributed by atoms with Crippen LogP contribution in [0.3, 0.4) is 0 Å². The van der Waals surface area contributed by atoms with E-state index in [2.05, 4.69) is 12.0 Å². The van der Waals surface area contributed by atoms with Crippen LogP contribution in [0.2, 0.25) is 0 Å². The van der Waals surface area contributed by atoms with Gasteiger partial charge in [-0.25, -0.2) is 4.68 Å². The number of aromatic nitrogens is 3. The minimum Gasteiger partial charge on any atom is -0.338 e. The summed E-state index contributed by atoms with van der Waals surface area (Å²) in [5, 5.41) is 6.52. The SMILES string of the molecule is CCc1nn(CC(=O)N2CCCC[C@@H]2C)c(=O)c2cc3sccc3n12. The van der Waals surface area contributed by atoms with E-state index in [9.17, 15) is 9.59 Å². The van der Waals surface area contributed by atoms with Gasteiger partial charge in [0.15, 0.2) is 0 Å². The normalized spacial score (nSPS) is 18.3. The molecule has 1 aliphatic heterocycles. The summed E-state index contributed by atoms with van der Waals surface area (Å²) < 4.78 is 4.35. The maximum Gasteiger partial charge on any atom is 0.291 e. The molecule has 4 heterocycles. The Morgan fingerprint density at radius 1 is 1.36 bits per heavy atom. The summed E-state index contributed by atoms with van der Waals surface area (Å²) >= 11 is 1.61. The second-order valence-electron chi connectivity index (χ2n) is 6.70. The lowest BCUT2D eigenvalue weighted by Crippen LogP contribution is -2.45. The summed E-state index contributed by atoms with van der Waals surface area (Å²) in [4.78, 5) is 27.5. The molecule has 7 heteroatoms. The first-order chi connectivity index (χ1) is 12.1. The van der Waals surface area contributed by atoms with Gasteiger partial charge in [-0.15, -0.1) is 11.3 Å². The molecule has 1 saturated heterocycles. The average Bonchev–Trinajstić information content (AvgIpc) is 3.19. The number of aryl methyl sites for hydroxylation is 1. The van der Waals surface area contributed by atoms with Crippen LogP contribution in [0.5, 0.6) is 0 Å². The van der Waals surface area contributed by atoms with Crippen molar-refractivity contribution in [2.45, 2.75) is 52.1 Å². The fourth-order valence-electron chi connectivity index (χ4n) is 3.75. The van der Waals surface area contributed by atoms with Crippen molar-refractivity contribution in [1.29, 1.82) is 0 Å². The number of likely N-dealkylation sites (tertiary alicyclic amines) is 1. The van der Waals surface area contributed by atoms with Gasteiger partial charge in [0.25, 0.3) is 5.56 Å². The van der Waals surface area contributed by atoms with E-state index in [4.69, 9.17) is 0 Å². The number of hydrogen-bond donors (Lipinski definition) is 0. The maximum atomic E-state index is 12.9. The third kappa shape index (κ3) is 2.66. The van der Waals surface area contributed by atoms with E-state index < -0.39 is 0 Å². The molecule has 1 atom stereocenters. The molecular formula is C18H22N4O2S. The Balaban J connectivity index is 1.76. The van der Waals surface area contributed by atoms with Gasteiger partial charge in [-0.3, -0.25) is 14.0 Å². The van der Waals surface area contributed by atoms with Gasteiger partial charge in [0.1, 0.15) is 17.9 Å². The van der Waals surface area contributed by atoms with Crippen LogP contribution in [-0.4, -0.2) is 37.6 Å². The lowest BCUT2D eigenvalue weighted by Gasteiger charge is -2.33. The van der Waals surface area contributed by atoms with Gasteiger partial charge in [-0.2, -0.15) is 5.10 Å². The topological polar surface area (TPSA) is 59.6 Å². The lowest BCUT2D eigenvalue weighted by molar-refractivity contribution is -0.135. The fourth-order valence-corrected chi connectivity index (χ4v) is 4.55. The molecular weight excluding hydrogens is 336 g/mol. The van der Waals surface area contributed by atoms with Crippen molar-refractivity contribution in [1.82, 2.24) is 19.1 Å². The largest absolute Gasteiger partial charge is 0.338 e. The van der Waals surface area contributed by atoms with E-state index in [1.54, 1.807) is 11.3 Å². The predicted molar refractivity (Wildman–Crippen MR) is 99.2 cm³/mol. The van der Waals surface area contributed by atoms with Crippen LogP contribution in [-0.2, 0) is 17.8 Å². The van der Waals surface area contributed by atoms with Crippen molar-refractivity contribution in [3.63, 3.8) is 0 Å². The third-order valence-electron chi connectivity index (χ3n) is 5.10. The highest BCUT2D eigenvalue weighted by Crippen LogP contribution is 2.24. The Hall–Kier alpha value is -2.15. The fraction of sp³-hybridized carbons (Fsp3) is 0.500. The second-order valence-corrected chi connectivity index (χ2v) is 7.65. The Bertz CT molecular complexity index is 1000. The van der Waals surface area contributed by atoms with E-state index in [0.717, 1.165) is 41.8 Å². The molecule has 0 bridgehead atoms. The molecule has 0 aromatic carbocycles. The first-order valence-electron chi connectivity index (χ1n) is 8.88. The first kappa shape index (κ1) is 16.3. The highest BCUT2D eigenvalue weighted by Gasteiger charge is 2.24. The van der Waals surface area contributed by atoms with Gasteiger partial charge in [0.2, 0.25) is 5.91 Å². The Morgan fingerprint density at radius 2 is 2.20 bits per heavy atom. The molecule has 0 spiro atoms. The zero-order valence-corrected chi connectivity index (χ0v) is 15.4. The number of nitrogens with zero attached hydrogens (tertiary/aromatic N) is 4. The molecule has 0 unspecified atom stereocenters. The molecule has 0 radical (unpaired) electrons. The molecule has 0 N–H and O–H groups in total. The smallest absolute Gasteiger partial charge is 0.291 e. The third-order valence-corrected chi connectivity index (χ3v) is 5.95. The Labute approximate surface area is 149 Å². The van der Waals surface area contributed by atoms with Gasteiger partial charge >= 0.3 is 0 Å². The van der Waals surface area contributed by atoms with Crippen LogP contribution >= 0.6 is 11.3 Å². The minimum atomic E-state index is -0.196. The Kier molecular flexibility index (Phi) is 4.11. The average molecular weight is 358 g/mol. The molecule has 0 saturated carbocycles. The summed E-state index contributed by atoms with van der Waals surface area (Å²) in [7, 11) is 0. The molecule has 4 rings (SSSR count). The van der Waals surface area contributed by atoms with Gasteiger partial charge in [0.05, 0.1) is 10.2 Å². The summed E-state index contributed by atoms with van der Waals surface area (Å²) in [5.74, 6) is 0.795. The van der Waals surface area contributed by atoms with E-state index in [0.29, 0.717) is 11.9 Å². The molecule has 1 fully saturated rings. The number of piperidine rings is 1. The highest BCUT2D eigenvalue weighted by atomic mass is 32.1. The summed E-state index contributed by atoms with van der Waals surface area (Å²) in [6.07, 6.45) is 3.93. The first-order valence-corrected chi connectivity index (χ1v) is 9.76.